The maximum Gasteiger partial charge on any atom is 0.00356 e. The zero-order chi connectivity index (χ0) is 12.3. The number of hydrogen-bond donors (Lipinski definition) is 1. The molecular weight excluding hydrogens is 208 g/mol. The molecular formula is C15H30N2. The molecule has 1 N–H and O–H groups in total. The summed E-state index contributed by atoms with van der Waals surface area (Å²) in [5.74, 6) is 1.60. The summed E-state index contributed by atoms with van der Waals surface area (Å²) >= 11 is 0. The van der Waals surface area contributed by atoms with Crippen LogP contribution in [0.4, 0.5) is 0 Å². The molecule has 2 unspecified atom stereocenters. The average molecular weight is 238 g/mol. The third-order valence-electron chi connectivity index (χ3n) is 4.54. The lowest BCUT2D eigenvalue weighted by molar-refractivity contribution is 0.122. The van der Waals surface area contributed by atoms with Gasteiger partial charge in [-0.15, -0.1) is 0 Å². The maximum absolute atomic E-state index is 3.58. The summed E-state index contributed by atoms with van der Waals surface area (Å²) in [6.07, 6.45) is 5.81. The summed E-state index contributed by atoms with van der Waals surface area (Å²) in [6, 6.07) is 0. The fourth-order valence-corrected chi connectivity index (χ4v) is 3.72. The normalized spacial score (nSPS) is 35.5. The SMILES string of the molecule is CC1CNCC(C)CN(CC2(C)CCCC2)C1. The first kappa shape index (κ1) is 13.4. The van der Waals surface area contributed by atoms with E-state index < -0.39 is 0 Å². The molecule has 0 aromatic rings. The van der Waals surface area contributed by atoms with Gasteiger partial charge in [0.1, 0.15) is 0 Å². The van der Waals surface area contributed by atoms with E-state index in [0.717, 1.165) is 11.8 Å². The highest BCUT2D eigenvalue weighted by atomic mass is 15.1. The Kier molecular flexibility index (Phi) is 4.48. The van der Waals surface area contributed by atoms with E-state index in [1.54, 1.807) is 0 Å². The Morgan fingerprint density at radius 2 is 1.59 bits per heavy atom. The molecule has 1 heterocycles. The van der Waals surface area contributed by atoms with Gasteiger partial charge in [-0.2, -0.15) is 0 Å². The molecule has 0 spiro atoms. The molecule has 0 aromatic heterocycles. The van der Waals surface area contributed by atoms with Crippen LogP contribution in [0.2, 0.25) is 0 Å². The summed E-state index contributed by atoms with van der Waals surface area (Å²) in [5, 5.41) is 3.58. The minimum Gasteiger partial charge on any atom is -0.316 e. The second-order valence-electron chi connectivity index (χ2n) is 7.08. The van der Waals surface area contributed by atoms with Crippen molar-refractivity contribution in [3.05, 3.63) is 0 Å². The van der Waals surface area contributed by atoms with E-state index in [1.165, 1.54) is 58.4 Å². The van der Waals surface area contributed by atoms with Crippen LogP contribution >= 0.6 is 0 Å². The topological polar surface area (TPSA) is 15.3 Å². The van der Waals surface area contributed by atoms with Crippen LogP contribution in [0.3, 0.4) is 0 Å². The van der Waals surface area contributed by atoms with E-state index >= 15 is 0 Å². The Balaban J connectivity index is 1.91. The van der Waals surface area contributed by atoms with Crippen LogP contribution in [0, 0.1) is 17.3 Å². The number of hydrogen-bond acceptors (Lipinski definition) is 2. The van der Waals surface area contributed by atoms with Crippen molar-refractivity contribution in [3.8, 4) is 0 Å². The van der Waals surface area contributed by atoms with Crippen molar-refractivity contribution < 1.29 is 0 Å². The molecule has 1 aliphatic carbocycles. The Labute approximate surface area is 107 Å². The second kappa shape index (κ2) is 5.71. The zero-order valence-electron chi connectivity index (χ0n) is 12.0. The molecule has 17 heavy (non-hydrogen) atoms. The fourth-order valence-electron chi connectivity index (χ4n) is 3.72. The van der Waals surface area contributed by atoms with Crippen molar-refractivity contribution in [2.24, 2.45) is 17.3 Å². The van der Waals surface area contributed by atoms with Gasteiger partial charge in [-0.1, -0.05) is 33.6 Å². The molecule has 2 fully saturated rings. The fraction of sp³-hybridized carbons (Fsp3) is 1.00. The van der Waals surface area contributed by atoms with Crippen molar-refractivity contribution >= 4 is 0 Å². The lowest BCUT2D eigenvalue weighted by atomic mass is 9.87. The molecule has 1 aliphatic heterocycles. The highest BCUT2D eigenvalue weighted by molar-refractivity contribution is 4.85. The smallest absolute Gasteiger partial charge is 0.00356 e. The van der Waals surface area contributed by atoms with Crippen molar-refractivity contribution in [2.45, 2.75) is 46.5 Å². The van der Waals surface area contributed by atoms with E-state index in [1.807, 2.05) is 0 Å². The van der Waals surface area contributed by atoms with Gasteiger partial charge in [0.2, 0.25) is 0 Å². The van der Waals surface area contributed by atoms with Crippen molar-refractivity contribution in [2.75, 3.05) is 32.7 Å². The lowest BCUT2D eigenvalue weighted by Crippen LogP contribution is -2.45. The summed E-state index contributed by atoms with van der Waals surface area (Å²) in [6.45, 7) is 13.6. The zero-order valence-corrected chi connectivity index (χ0v) is 12.0. The van der Waals surface area contributed by atoms with Crippen LogP contribution in [0.5, 0.6) is 0 Å². The molecule has 2 rings (SSSR count). The minimum absolute atomic E-state index is 0.617. The number of nitrogens with one attached hydrogen (secondary N) is 1. The van der Waals surface area contributed by atoms with Crippen LogP contribution in [-0.2, 0) is 0 Å². The predicted molar refractivity (Wildman–Crippen MR) is 74.2 cm³/mol. The van der Waals surface area contributed by atoms with Crippen LogP contribution in [0.15, 0.2) is 0 Å². The van der Waals surface area contributed by atoms with Gasteiger partial charge in [0, 0.05) is 19.6 Å². The summed E-state index contributed by atoms with van der Waals surface area (Å²) < 4.78 is 0. The molecule has 2 atom stereocenters. The van der Waals surface area contributed by atoms with Gasteiger partial charge in [0.15, 0.2) is 0 Å². The van der Waals surface area contributed by atoms with Crippen molar-refractivity contribution in [1.29, 1.82) is 0 Å². The Hall–Kier alpha value is -0.0800. The van der Waals surface area contributed by atoms with Crippen LogP contribution in [-0.4, -0.2) is 37.6 Å². The van der Waals surface area contributed by atoms with Crippen LogP contribution in [0.25, 0.3) is 0 Å². The molecule has 2 heteroatoms. The van der Waals surface area contributed by atoms with E-state index in [9.17, 15) is 0 Å². The van der Waals surface area contributed by atoms with E-state index in [2.05, 4.69) is 31.0 Å². The first-order valence-corrected chi connectivity index (χ1v) is 7.50. The summed E-state index contributed by atoms with van der Waals surface area (Å²) in [7, 11) is 0. The molecule has 1 saturated heterocycles. The van der Waals surface area contributed by atoms with Crippen molar-refractivity contribution in [3.63, 3.8) is 0 Å². The van der Waals surface area contributed by atoms with Gasteiger partial charge in [0.05, 0.1) is 0 Å². The van der Waals surface area contributed by atoms with E-state index in [-0.39, 0.29) is 0 Å². The van der Waals surface area contributed by atoms with Crippen LogP contribution in [0.1, 0.15) is 46.5 Å². The quantitative estimate of drug-likeness (QED) is 0.796. The highest BCUT2D eigenvalue weighted by Crippen LogP contribution is 2.38. The lowest BCUT2D eigenvalue weighted by Gasteiger charge is -2.37. The molecule has 1 saturated carbocycles. The molecule has 2 aliphatic rings. The number of rotatable bonds is 2. The molecule has 0 amide bonds. The van der Waals surface area contributed by atoms with Gasteiger partial charge in [0.25, 0.3) is 0 Å². The maximum atomic E-state index is 3.58. The Morgan fingerprint density at radius 1 is 1.06 bits per heavy atom. The highest BCUT2D eigenvalue weighted by Gasteiger charge is 2.31. The minimum atomic E-state index is 0.617. The van der Waals surface area contributed by atoms with Crippen molar-refractivity contribution in [1.82, 2.24) is 10.2 Å². The van der Waals surface area contributed by atoms with Gasteiger partial charge < -0.3 is 10.2 Å². The van der Waals surface area contributed by atoms with Gasteiger partial charge in [-0.3, -0.25) is 0 Å². The first-order valence-electron chi connectivity index (χ1n) is 7.50. The summed E-state index contributed by atoms with van der Waals surface area (Å²) in [4.78, 5) is 2.75. The first-order chi connectivity index (χ1) is 8.07. The van der Waals surface area contributed by atoms with Gasteiger partial charge >= 0.3 is 0 Å². The van der Waals surface area contributed by atoms with Crippen LogP contribution < -0.4 is 5.32 Å². The number of nitrogens with zero attached hydrogens (tertiary/aromatic N) is 1. The van der Waals surface area contributed by atoms with E-state index in [0.29, 0.717) is 5.41 Å². The monoisotopic (exact) mass is 238 g/mol. The molecule has 0 bridgehead atoms. The molecule has 0 aromatic carbocycles. The standard InChI is InChI=1S/C15H30N2/c1-13-8-16-9-14(2)11-17(10-13)12-15(3)6-4-5-7-15/h13-14,16H,4-12H2,1-3H3. The van der Waals surface area contributed by atoms with Gasteiger partial charge in [-0.25, -0.2) is 0 Å². The summed E-state index contributed by atoms with van der Waals surface area (Å²) in [5.41, 5.74) is 0.617. The third kappa shape index (κ3) is 3.96. The third-order valence-corrected chi connectivity index (χ3v) is 4.54. The molecule has 2 nitrogen and oxygen atoms in total. The van der Waals surface area contributed by atoms with E-state index in [4.69, 9.17) is 0 Å². The predicted octanol–water partition coefficient (Wildman–Crippen LogP) is 2.74. The Bertz CT molecular complexity index is 221. The Morgan fingerprint density at radius 3 is 2.12 bits per heavy atom. The largest absolute Gasteiger partial charge is 0.316 e. The molecule has 100 valence electrons. The van der Waals surface area contributed by atoms with Gasteiger partial charge in [-0.05, 0) is 43.2 Å². The molecule has 0 radical (unpaired) electrons. The second-order valence-corrected chi connectivity index (χ2v) is 7.08. The average Bonchev–Trinajstić information content (AvgIpc) is 2.62.